The first kappa shape index (κ1) is 71.3. The van der Waals surface area contributed by atoms with Crippen molar-refractivity contribution in [1.82, 2.24) is 5.32 Å². The number of ether oxygens (including phenoxy) is 2. The standard InChI is InChI=1S/C64H121NO10/c1-3-5-7-8-9-10-11-31-34-37-40-43-46-50-55(67)59(61(72)64-62(73)63(74-53-49-6-4-2)60(71)56(54-66)75-64)65-57(68)51-47-44-41-38-35-32-29-27-25-23-21-19-17-15-13-12-14-16-18-20-22-24-26-28-30-33-36-39-42-45-48-52-58(69)70/h41,44,46-47,50-51,55-56,58-64,66-67,69-73H,3-40,42-43,45,48-49,52-54H2,1-2H3,(H,65,68)/t55?,56-,59?,60-,61?,62-,63+,64+/m1/s1. The van der Waals surface area contributed by atoms with Gasteiger partial charge in [0.25, 0.3) is 0 Å². The predicted octanol–water partition coefficient (Wildman–Crippen LogP) is 14.2. The highest BCUT2D eigenvalue weighted by atomic mass is 16.6. The normalized spacial score (nSPS) is 19.6. The first-order valence-corrected chi connectivity index (χ1v) is 31.9. The zero-order chi connectivity index (χ0) is 54.7. The van der Waals surface area contributed by atoms with Gasteiger partial charge in [-0.05, 0) is 44.9 Å². The lowest BCUT2D eigenvalue weighted by molar-refractivity contribution is -0.262. The molecule has 0 aromatic heterocycles. The minimum absolute atomic E-state index is 0.284. The van der Waals surface area contributed by atoms with Crippen molar-refractivity contribution < 1.29 is 50.0 Å². The maximum absolute atomic E-state index is 13.2. The third kappa shape index (κ3) is 41.1. The van der Waals surface area contributed by atoms with Gasteiger partial charge in [-0.3, -0.25) is 4.79 Å². The fourth-order valence-electron chi connectivity index (χ4n) is 10.6. The second kappa shape index (κ2) is 53.0. The molecule has 1 heterocycles. The van der Waals surface area contributed by atoms with Crippen LogP contribution in [0.2, 0.25) is 0 Å². The lowest BCUT2D eigenvalue weighted by Gasteiger charge is -2.45. The Bertz CT molecular complexity index is 1310. The molecule has 0 saturated carbocycles. The van der Waals surface area contributed by atoms with Crippen LogP contribution < -0.4 is 5.32 Å². The molecule has 1 aliphatic heterocycles. The van der Waals surface area contributed by atoms with Crippen LogP contribution in [0.1, 0.15) is 296 Å². The minimum Gasteiger partial charge on any atom is -0.394 e. The van der Waals surface area contributed by atoms with Crippen LogP contribution in [0, 0.1) is 0 Å². The van der Waals surface area contributed by atoms with Gasteiger partial charge in [-0.2, -0.15) is 0 Å². The quantitative estimate of drug-likeness (QED) is 0.00957. The number of rotatable bonds is 55. The van der Waals surface area contributed by atoms with Gasteiger partial charge in [0.1, 0.15) is 36.6 Å². The highest BCUT2D eigenvalue weighted by Crippen LogP contribution is 2.28. The minimum atomic E-state index is -1.59. The monoisotopic (exact) mass is 1060 g/mol. The zero-order valence-electron chi connectivity index (χ0n) is 48.5. The molecule has 1 saturated heterocycles. The molecule has 8 N–H and O–H groups in total. The fourth-order valence-corrected chi connectivity index (χ4v) is 10.6. The molecule has 0 aromatic rings. The number of carbonyl (C=O) groups excluding carboxylic acids is 1. The van der Waals surface area contributed by atoms with E-state index in [4.69, 9.17) is 19.7 Å². The summed E-state index contributed by atoms with van der Waals surface area (Å²) in [6, 6.07) is -1.25. The van der Waals surface area contributed by atoms with E-state index in [0.717, 1.165) is 64.2 Å². The Morgan fingerprint density at radius 1 is 0.507 bits per heavy atom. The molecule has 0 spiro atoms. The summed E-state index contributed by atoms with van der Waals surface area (Å²) in [5.41, 5.74) is 0. The van der Waals surface area contributed by atoms with Gasteiger partial charge in [0.15, 0.2) is 6.29 Å². The van der Waals surface area contributed by atoms with Gasteiger partial charge in [-0.1, -0.05) is 282 Å². The number of amides is 1. The van der Waals surface area contributed by atoms with E-state index >= 15 is 0 Å². The van der Waals surface area contributed by atoms with Crippen LogP contribution in [0.3, 0.4) is 0 Å². The number of allylic oxidation sites excluding steroid dienone is 4. The molecule has 442 valence electrons. The number of hydrogen-bond donors (Lipinski definition) is 8. The Kier molecular flexibility index (Phi) is 50.4. The van der Waals surface area contributed by atoms with Crippen molar-refractivity contribution in [3.05, 3.63) is 36.5 Å². The number of carbonyl (C=O) groups is 1. The summed E-state index contributed by atoms with van der Waals surface area (Å²) >= 11 is 0. The van der Waals surface area contributed by atoms with Crippen LogP contribution in [-0.4, -0.2) is 110 Å². The van der Waals surface area contributed by atoms with Gasteiger partial charge in [0.05, 0.1) is 18.8 Å². The van der Waals surface area contributed by atoms with Gasteiger partial charge in [0.2, 0.25) is 5.91 Å². The summed E-state index contributed by atoms with van der Waals surface area (Å²) in [5, 5.41) is 75.9. The van der Waals surface area contributed by atoms with Crippen molar-refractivity contribution in [1.29, 1.82) is 0 Å². The molecular weight excluding hydrogens is 943 g/mol. The number of aliphatic hydroxyl groups excluding tert-OH is 6. The first-order valence-electron chi connectivity index (χ1n) is 31.9. The van der Waals surface area contributed by atoms with Crippen molar-refractivity contribution in [3.8, 4) is 0 Å². The summed E-state index contributed by atoms with van der Waals surface area (Å²) in [7, 11) is 0. The van der Waals surface area contributed by atoms with E-state index in [-0.39, 0.29) is 6.61 Å². The first-order chi connectivity index (χ1) is 36.7. The highest BCUT2D eigenvalue weighted by Gasteiger charge is 2.50. The average Bonchev–Trinajstić information content (AvgIpc) is 3.40. The van der Waals surface area contributed by atoms with Crippen molar-refractivity contribution in [2.75, 3.05) is 13.2 Å². The Balaban J connectivity index is 2.30. The molecule has 75 heavy (non-hydrogen) atoms. The Morgan fingerprint density at radius 2 is 0.893 bits per heavy atom. The Labute approximate surface area is 460 Å². The summed E-state index contributed by atoms with van der Waals surface area (Å²) in [5.74, 6) is -0.512. The van der Waals surface area contributed by atoms with E-state index in [1.807, 2.05) is 12.2 Å². The molecular formula is C64H121NO10. The smallest absolute Gasteiger partial charge is 0.244 e. The van der Waals surface area contributed by atoms with Crippen LogP contribution in [0.5, 0.6) is 0 Å². The van der Waals surface area contributed by atoms with E-state index in [0.29, 0.717) is 6.42 Å². The van der Waals surface area contributed by atoms with E-state index < -0.39 is 67.6 Å². The summed E-state index contributed by atoms with van der Waals surface area (Å²) in [6.07, 6.45) is 54.1. The molecule has 1 aliphatic rings. The molecule has 0 aliphatic carbocycles. The number of aliphatic hydroxyl groups is 7. The van der Waals surface area contributed by atoms with Gasteiger partial charge in [0, 0.05) is 12.7 Å². The zero-order valence-corrected chi connectivity index (χ0v) is 48.5. The van der Waals surface area contributed by atoms with Crippen LogP contribution in [-0.2, 0) is 14.3 Å². The van der Waals surface area contributed by atoms with Gasteiger partial charge < -0.3 is 50.5 Å². The third-order valence-corrected chi connectivity index (χ3v) is 15.5. The maximum atomic E-state index is 13.2. The lowest BCUT2D eigenvalue weighted by Crippen LogP contribution is -2.66. The summed E-state index contributed by atoms with van der Waals surface area (Å²) < 4.78 is 11.7. The molecule has 1 rings (SSSR count). The molecule has 0 bridgehead atoms. The molecule has 3 unspecified atom stereocenters. The van der Waals surface area contributed by atoms with E-state index in [9.17, 15) is 30.3 Å². The predicted molar refractivity (Wildman–Crippen MR) is 312 cm³/mol. The Hall–Kier alpha value is -1.67. The lowest BCUT2D eigenvalue weighted by atomic mass is 9.88. The van der Waals surface area contributed by atoms with Crippen LogP contribution in [0.25, 0.3) is 0 Å². The summed E-state index contributed by atoms with van der Waals surface area (Å²) in [4.78, 5) is 13.2. The van der Waals surface area contributed by atoms with Crippen molar-refractivity contribution in [2.45, 2.75) is 351 Å². The Morgan fingerprint density at radius 3 is 1.31 bits per heavy atom. The average molecular weight is 1060 g/mol. The van der Waals surface area contributed by atoms with Crippen LogP contribution >= 0.6 is 0 Å². The van der Waals surface area contributed by atoms with Gasteiger partial charge >= 0.3 is 0 Å². The molecule has 0 radical (unpaired) electrons. The SMILES string of the molecule is CCCCCCCCCCCCCC=CC(O)C(NC(=O)C=CC=CCCCCCCCCCCCCCCCCCCCCCCCCCCCCCC(O)O)C(O)[C@@H]1O[C@H](CO)[C@@H](O)[C@H](OCCCCC)[C@H]1O. The van der Waals surface area contributed by atoms with Crippen LogP contribution in [0.15, 0.2) is 36.5 Å². The fraction of sp³-hybridized carbons (Fsp3) is 0.891. The second-order valence-corrected chi connectivity index (χ2v) is 22.5. The highest BCUT2D eigenvalue weighted by molar-refractivity contribution is 5.88. The van der Waals surface area contributed by atoms with Gasteiger partial charge in [-0.25, -0.2) is 0 Å². The summed E-state index contributed by atoms with van der Waals surface area (Å²) in [6.45, 7) is 4.03. The topological polar surface area (TPSA) is 189 Å². The molecule has 1 amide bonds. The second-order valence-electron chi connectivity index (χ2n) is 22.5. The number of unbranched alkanes of at least 4 members (excludes halogenated alkanes) is 40. The van der Waals surface area contributed by atoms with Crippen molar-refractivity contribution in [2.24, 2.45) is 0 Å². The van der Waals surface area contributed by atoms with Crippen molar-refractivity contribution >= 4 is 5.91 Å². The molecule has 11 nitrogen and oxygen atoms in total. The molecule has 1 fully saturated rings. The number of hydrogen-bond acceptors (Lipinski definition) is 10. The van der Waals surface area contributed by atoms with E-state index in [1.165, 1.54) is 218 Å². The van der Waals surface area contributed by atoms with Crippen molar-refractivity contribution in [3.63, 3.8) is 0 Å². The maximum Gasteiger partial charge on any atom is 0.244 e. The van der Waals surface area contributed by atoms with E-state index in [2.05, 4.69) is 25.2 Å². The molecule has 0 aromatic carbocycles. The van der Waals surface area contributed by atoms with Gasteiger partial charge in [-0.15, -0.1) is 0 Å². The number of nitrogens with one attached hydrogen (secondary N) is 1. The third-order valence-electron chi connectivity index (χ3n) is 15.5. The largest absolute Gasteiger partial charge is 0.394 e. The molecule has 11 heteroatoms. The molecule has 8 atom stereocenters. The van der Waals surface area contributed by atoms with Crippen LogP contribution in [0.4, 0.5) is 0 Å². The van der Waals surface area contributed by atoms with E-state index in [1.54, 1.807) is 12.2 Å².